The second-order valence-electron chi connectivity index (χ2n) is 5.81. The Morgan fingerprint density at radius 3 is 1.80 bits per heavy atom. The number of fused-ring (bicyclic) bond motifs is 1. The summed E-state index contributed by atoms with van der Waals surface area (Å²) in [5, 5.41) is 0. The van der Waals surface area contributed by atoms with Crippen LogP contribution in [-0.2, 0) is 20.4 Å². The molecule has 0 radical (unpaired) electrons. The lowest BCUT2D eigenvalue weighted by atomic mass is 9.94. The van der Waals surface area contributed by atoms with Crippen molar-refractivity contribution in [3.8, 4) is 0 Å². The Morgan fingerprint density at radius 1 is 0.950 bits per heavy atom. The van der Waals surface area contributed by atoms with E-state index in [0.717, 1.165) is 6.42 Å². The van der Waals surface area contributed by atoms with Gasteiger partial charge in [-0.2, -0.15) is 0 Å². The molecule has 2 aromatic carbocycles. The molecule has 0 bridgehead atoms. The highest BCUT2D eigenvalue weighted by Crippen LogP contribution is 2.89. The lowest BCUT2D eigenvalue weighted by Crippen LogP contribution is -2.19. The summed E-state index contributed by atoms with van der Waals surface area (Å²) in [6.45, 7) is 0. The highest BCUT2D eigenvalue weighted by molar-refractivity contribution is 5.90. The van der Waals surface area contributed by atoms with Crippen LogP contribution in [0.25, 0.3) is 0 Å². The number of hydrogen-bond acceptors (Lipinski definition) is 2. The Morgan fingerprint density at radius 2 is 1.40 bits per heavy atom. The number of carbonyl (C=O) groups is 1. The van der Waals surface area contributed by atoms with Crippen molar-refractivity contribution < 1.29 is 9.53 Å². The Hall–Kier alpha value is -2.09. The van der Waals surface area contributed by atoms with Gasteiger partial charge in [-0.25, -0.2) is 0 Å². The van der Waals surface area contributed by atoms with Crippen LogP contribution in [0.3, 0.4) is 0 Å². The van der Waals surface area contributed by atoms with Crippen molar-refractivity contribution >= 4 is 5.97 Å². The highest BCUT2D eigenvalue weighted by Gasteiger charge is 2.94. The topological polar surface area (TPSA) is 26.3 Å². The van der Waals surface area contributed by atoms with E-state index in [9.17, 15) is 4.79 Å². The second-order valence-corrected chi connectivity index (χ2v) is 5.81. The van der Waals surface area contributed by atoms with E-state index in [1.807, 2.05) is 36.4 Å². The maximum absolute atomic E-state index is 12.1. The molecule has 2 nitrogen and oxygen atoms in total. The number of benzene rings is 2. The van der Waals surface area contributed by atoms with Crippen molar-refractivity contribution in [1.82, 2.24) is 0 Å². The van der Waals surface area contributed by atoms with Gasteiger partial charge < -0.3 is 4.74 Å². The minimum atomic E-state index is -0.0797. The lowest BCUT2D eigenvalue weighted by Gasteiger charge is -2.12. The van der Waals surface area contributed by atoms with E-state index in [1.165, 1.54) is 18.2 Å². The lowest BCUT2D eigenvalue weighted by molar-refractivity contribution is -0.144. The standard InChI is InChI=1S/C18H16O2/c1-20-16(19)15-17(13-8-4-2-5-9-13)12-18(15,17)14-10-6-3-7-11-14/h2-11,15H,12H2,1H3. The van der Waals surface area contributed by atoms with Crippen molar-refractivity contribution in [2.24, 2.45) is 5.92 Å². The second kappa shape index (κ2) is 3.72. The van der Waals surface area contributed by atoms with E-state index in [4.69, 9.17) is 4.74 Å². The molecule has 0 aliphatic heterocycles. The summed E-state index contributed by atoms with van der Waals surface area (Å²) < 4.78 is 5.03. The van der Waals surface area contributed by atoms with Crippen molar-refractivity contribution in [2.45, 2.75) is 17.3 Å². The van der Waals surface area contributed by atoms with E-state index in [-0.39, 0.29) is 22.7 Å². The highest BCUT2D eigenvalue weighted by atomic mass is 16.5. The number of rotatable bonds is 3. The molecule has 2 saturated carbocycles. The molecule has 0 N–H and O–H groups in total. The van der Waals surface area contributed by atoms with E-state index in [2.05, 4.69) is 24.3 Å². The predicted octanol–water partition coefficient (Wildman–Crippen LogP) is 3.07. The quantitative estimate of drug-likeness (QED) is 0.796. The first kappa shape index (κ1) is 11.7. The molecule has 0 aromatic heterocycles. The summed E-state index contributed by atoms with van der Waals surface area (Å²) in [6.07, 6.45) is 1.05. The Kier molecular flexibility index (Phi) is 2.18. The summed E-state index contributed by atoms with van der Waals surface area (Å²) in [7, 11) is 1.48. The number of carbonyl (C=O) groups excluding carboxylic acids is 1. The number of ether oxygens (including phenoxy) is 1. The number of methoxy groups -OCH3 is 1. The van der Waals surface area contributed by atoms with Gasteiger partial charge in [-0.05, 0) is 17.5 Å². The molecule has 100 valence electrons. The molecule has 0 saturated heterocycles. The summed E-state index contributed by atoms with van der Waals surface area (Å²) >= 11 is 0. The van der Waals surface area contributed by atoms with Gasteiger partial charge in [0.05, 0.1) is 13.0 Å². The third-order valence-corrected chi connectivity index (χ3v) is 5.15. The summed E-state index contributed by atoms with van der Waals surface area (Å²) in [4.78, 5) is 12.1. The largest absolute Gasteiger partial charge is 0.469 e. The zero-order valence-corrected chi connectivity index (χ0v) is 11.4. The Balaban J connectivity index is 1.80. The molecule has 2 aliphatic carbocycles. The minimum Gasteiger partial charge on any atom is -0.469 e. The molecule has 2 aromatic rings. The van der Waals surface area contributed by atoms with E-state index < -0.39 is 0 Å². The van der Waals surface area contributed by atoms with E-state index >= 15 is 0 Å². The zero-order valence-electron chi connectivity index (χ0n) is 11.4. The van der Waals surface area contributed by atoms with Crippen molar-refractivity contribution in [2.75, 3.05) is 7.11 Å². The van der Waals surface area contributed by atoms with Gasteiger partial charge in [-0.3, -0.25) is 4.79 Å². The van der Waals surface area contributed by atoms with Crippen LogP contribution in [0.2, 0.25) is 0 Å². The SMILES string of the molecule is COC(=O)C1C2(c3ccccc3)CC12c1ccccc1. The first-order valence-electron chi connectivity index (χ1n) is 6.96. The van der Waals surface area contributed by atoms with Crippen LogP contribution >= 0.6 is 0 Å². The molecule has 0 amide bonds. The van der Waals surface area contributed by atoms with Crippen LogP contribution in [0, 0.1) is 5.92 Å². The fourth-order valence-electron chi connectivity index (χ4n) is 4.11. The third-order valence-electron chi connectivity index (χ3n) is 5.15. The third kappa shape index (κ3) is 1.17. The van der Waals surface area contributed by atoms with Gasteiger partial charge in [-0.15, -0.1) is 0 Å². The molecule has 2 aliphatic rings. The van der Waals surface area contributed by atoms with Crippen LogP contribution in [0.5, 0.6) is 0 Å². The molecule has 2 atom stereocenters. The number of hydrogen-bond donors (Lipinski definition) is 0. The average Bonchev–Trinajstić information content (AvgIpc) is 3.35. The van der Waals surface area contributed by atoms with Gasteiger partial charge in [0.2, 0.25) is 0 Å². The summed E-state index contributed by atoms with van der Waals surface area (Å²) in [6, 6.07) is 20.7. The maximum Gasteiger partial charge on any atom is 0.310 e. The molecule has 2 fully saturated rings. The molecule has 20 heavy (non-hydrogen) atoms. The van der Waals surface area contributed by atoms with Crippen LogP contribution < -0.4 is 0 Å². The summed E-state index contributed by atoms with van der Waals surface area (Å²) in [5.74, 6) is -0.103. The van der Waals surface area contributed by atoms with Gasteiger partial charge in [0.15, 0.2) is 0 Å². The van der Waals surface area contributed by atoms with Crippen LogP contribution in [0.1, 0.15) is 17.5 Å². The molecular weight excluding hydrogens is 248 g/mol. The van der Waals surface area contributed by atoms with Gasteiger partial charge in [0, 0.05) is 10.8 Å². The van der Waals surface area contributed by atoms with Gasteiger partial charge >= 0.3 is 5.97 Å². The Labute approximate surface area is 118 Å². The van der Waals surface area contributed by atoms with Crippen molar-refractivity contribution in [3.63, 3.8) is 0 Å². The van der Waals surface area contributed by atoms with Crippen LogP contribution in [-0.4, -0.2) is 13.1 Å². The normalized spacial score (nSPS) is 33.1. The van der Waals surface area contributed by atoms with Crippen LogP contribution in [0.15, 0.2) is 60.7 Å². The fraction of sp³-hybridized carbons (Fsp3) is 0.278. The minimum absolute atomic E-state index is 0.0233. The molecule has 4 rings (SSSR count). The molecule has 0 heterocycles. The van der Waals surface area contributed by atoms with Crippen molar-refractivity contribution in [3.05, 3.63) is 71.8 Å². The predicted molar refractivity (Wildman–Crippen MR) is 76.4 cm³/mol. The monoisotopic (exact) mass is 264 g/mol. The first-order chi connectivity index (χ1) is 9.77. The fourth-order valence-corrected chi connectivity index (χ4v) is 4.11. The van der Waals surface area contributed by atoms with Gasteiger partial charge in [0.25, 0.3) is 0 Å². The Bertz CT molecular complexity index is 613. The average molecular weight is 264 g/mol. The van der Waals surface area contributed by atoms with Crippen molar-refractivity contribution in [1.29, 1.82) is 0 Å². The number of esters is 1. The van der Waals surface area contributed by atoms with Crippen LogP contribution in [0.4, 0.5) is 0 Å². The smallest absolute Gasteiger partial charge is 0.310 e. The molecule has 2 unspecified atom stereocenters. The molecule has 0 spiro atoms. The first-order valence-corrected chi connectivity index (χ1v) is 6.96. The van der Waals surface area contributed by atoms with E-state index in [1.54, 1.807) is 0 Å². The van der Waals surface area contributed by atoms with Gasteiger partial charge in [0.1, 0.15) is 0 Å². The van der Waals surface area contributed by atoms with Gasteiger partial charge in [-0.1, -0.05) is 60.7 Å². The maximum atomic E-state index is 12.1. The molecule has 2 heteroatoms. The zero-order chi connectivity index (χ0) is 13.8. The molecular formula is C18H16O2. The summed E-state index contributed by atoms with van der Waals surface area (Å²) in [5.41, 5.74) is 2.48. The van der Waals surface area contributed by atoms with E-state index in [0.29, 0.717) is 0 Å².